The van der Waals surface area contributed by atoms with Crippen molar-refractivity contribution in [2.45, 2.75) is 39.5 Å². The van der Waals surface area contributed by atoms with E-state index in [9.17, 15) is 0 Å². The van der Waals surface area contributed by atoms with E-state index in [2.05, 4.69) is 47.6 Å². The molecule has 134 valence electrons. The van der Waals surface area contributed by atoms with Crippen LogP contribution in [0.25, 0.3) is 20.8 Å². The number of fused-ring (bicyclic) bond motifs is 2. The number of aromatic nitrogens is 1. The van der Waals surface area contributed by atoms with Gasteiger partial charge in [0.05, 0.1) is 20.8 Å². The summed E-state index contributed by atoms with van der Waals surface area (Å²) in [7, 11) is 0. The molecular weight excluding hydrogens is 338 g/mol. The van der Waals surface area contributed by atoms with E-state index in [1.54, 1.807) is 0 Å². The minimum absolute atomic E-state index is 1.17. The van der Waals surface area contributed by atoms with Gasteiger partial charge in [0, 0.05) is 43.8 Å². The third-order valence-electron chi connectivity index (χ3n) is 5.89. The first-order valence-electron chi connectivity index (χ1n) is 9.88. The maximum Gasteiger partial charge on any atom is 0.201 e. The molecule has 4 heteroatoms. The SMILES string of the molecule is Cc1cc(=[N+]2CCCC2)cc2sc3cc(N4CCCC4)cc(C)c3nc1-2. The molecule has 1 aromatic rings. The molecule has 26 heavy (non-hydrogen) atoms. The first kappa shape index (κ1) is 16.2. The predicted molar refractivity (Wildman–Crippen MR) is 111 cm³/mol. The molecule has 3 aliphatic heterocycles. The van der Waals surface area contributed by atoms with E-state index in [1.165, 1.54) is 94.8 Å². The number of rotatable bonds is 1. The molecule has 0 amide bonds. The standard InChI is InChI=1S/C22H26N3S/c1-15-11-17(24-7-3-4-8-24)13-19-21(15)23-22-16(2)12-18(14-20(22)26-19)25-9-5-6-10-25/h11-14H,3-10H2,1-2H3/q+1. The summed E-state index contributed by atoms with van der Waals surface area (Å²) < 4.78 is 3.84. The minimum Gasteiger partial charge on any atom is -0.371 e. The molecule has 3 nitrogen and oxygen atoms in total. The van der Waals surface area contributed by atoms with Crippen LogP contribution in [0, 0.1) is 13.8 Å². The lowest BCUT2D eigenvalue weighted by molar-refractivity contribution is 0.694. The molecule has 1 aliphatic carbocycles. The van der Waals surface area contributed by atoms with Crippen LogP contribution in [0.4, 0.5) is 5.69 Å². The van der Waals surface area contributed by atoms with E-state index < -0.39 is 0 Å². The number of hydrogen-bond acceptors (Lipinski definition) is 3. The highest BCUT2D eigenvalue weighted by molar-refractivity contribution is 7.21. The van der Waals surface area contributed by atoms with Gasteiger partial charge in [-0.15, -0.1) is 11.3 Å². The van der Waals surface area contributed by atoms with Crippen molar-refractivity contribution < 1.29 is 0 Å². The summed E-state index contributed by atoms with van der Waals surface area (Å²) in [6.45, 7) is 9.18. The van der Waals surface area contributed by atoms with Gasteiger partial charge in [0.2, 0.25) is 5.36 Å². The Bertz CT molecular complexity index is 1020. The first-order chi connectivity index (χ1) is 12.7. The molecule has 5 rings (SSSR count). The Morgan fingerprint density at radius 1 is 0.923 bits per heavy atom. The van der Waals surface area contributed by atoms with Crippen molar-refractivity contribution >= 4 is 27.2 Å². The Labute approximate surface area is 159 Å². The topological polar surface area (TPSA) is 19.1 Å². The summed E-state index contributed by atoms with van der Waals surface area (Å²) >= 11 is 1.91. The van der Waals surface area contributed by atoms with Gasteiger partial charge in [-0.05, 0) is 49.9 Å². The van der Waals surface area contributed by atoms with Crippen molar-refractivity contribution in [2.75, 3.05) is 31.1 Å². The van der Waals surface area contributed by atoms with Crippen molar-refractivity contribution in [3.8, 4) is 10.6 Å². The Kier molecular flexibility index (Phi) is 3.96. The lowest BCUT2D eigenvalue weighted by atomic mass is 10.1. The number of benzene rings is 2. The van der Waals surface area contributed by atoms with Crippen molar-refractivity contribution in [3.05, 3.63) is 40.7 Å². The van der Waals surface area contributed by atoms with Crippen molar-refractivity contribution in [1.29, 1.82) is 0 Å². The Morgan fingerprint density at radius 3 is 2.46 bits per heavy atom. The quantitative estimate of drug-likeness (QED) is 0.476. The second-order valence-corrected chi connectivity index (χ2v) is 8.90. The van der Waals surface area contributed by atoms with Crippen LogP contribution in [0.2, 0.25) is 0 Å². The third kappa shape index (κ3) is 2.71. The highest BCUT2D eigenvalue weighted by Crippen LogP contribution is 2.35. The molecule has 0 spiro atoms. The molecule has 4 aliphatic rings. The van der Waals surface area contributed by atoms with E-state index in [0.717, 1.165) is 0 Å². The summed E-state index contributed by atoms with van der Waals surface area (Å²) in [5.74, 6) is 0. The van der Waals surface area contributed by atoms with E-state index in [0.29, 0.717) is 0 Å². The summed E-state index contributed by atoms with van der Waals surface area (Å²) in [5.41, 5.74) is 6.30. The number of anilines is 1. The zero-order chi connectivity index (χ0) is 17.7. The highest BCUT2D eigenvalue weighted by atomic mass is 32.1. The molecule has 0 atom stereocenters. The molecule has 0 radical (unpaired) electrons. The largest absolute Gasteiger partial charge is 0.371 e. The molecule has 3 heterocycles. The van der Waals surface area contributed by atoms with E-state index in [1.807, 2.05) is 11.3 Å². The Hall–Kier alpha value is -1.94. The van der Waals surface area contributed by atoms with Crippen LogP contribution >= 0.6 is 11.3 Å². The van der Waals surface area contributed by atoms with Crippen molar-refractivity contribution in [1.82, 2.24) is 9.56 Å². The van der Waals surface area contributed by atoms with Crippen LogP contribution in [-0.2, 0) is 0 Å². The van der Waals surface area contributed by atoms with Gasteiger partial charge in [-0.3, -0.25) is 0 Å². The fourth-order valence-corrected chi connectivity index (χ4v) is 5.65. The zero-order valence-electron chi connectivity index (χ0n) is 15.7. The molecular formula is C22H26N3S+. The van der Waals surface area contributed by atoms with Gasteiger partial charge >= 0.3 is 0 Å². The Balaban J connectivity index is 1.73. The summed E-state index contributed by atoms with van der Waals surface area (Å²) in [5, 5.41) is 1.37. The molecule has 2 saturated heterocycles. The monoisotopic (exact) mass is 364 g/mol. The number of nitrogens with zero attached hydrogens (tertiary/aromatic N) is 3. The number of aryl methyl sites for hydroxylation is 2. The van der Waals surface area contributed by atoms with Gasteiger partial charge in [-0.1, -0.05) is 0 Å². The normalized spacial score (nSPS) is 17.8. The molecule has 0 aromatic heterocycles. The van der Waals surface area contributed by atoms with Crippen molar-refractivity contribution in [2.24, 2.45) is 0 Å². The summed E-state index contributed by atoms with van der Waals surface area (Å²) in [4.78, 5) is 8.93. The summed E-state index contributed by atoms with van der Waals surface area (Å²) in [6.07, 6.45) is 5.26. The molecule has 0 saturated carbocycles. The van der Waals surface area contributed by atoms with Gasteiger partial charge < -0.3 is 4.90 Å². The molecule has 0 N–H and O–H groups in total. The highest BCUT2D eigenvalue weighted by Gasteiger charge is 2.19. The van der Waals surface area contributed by atoms with Gasteiger partial charge in [-0.2, -0.15) is 0 Å². The van der Waals surface area contributed by atoms with Crippen LogP contribution in [0.1, 0.15) is 36.8 Å². The van der Waals surface area contributed by atoms with E-state index in [-0.39, 0.29) is 0 Å². The van der Waals surface area contributed by atoms with E-state index in [4.69, 9.17) is 4.98 Å². The summed E-state index contributed by atoms with van der Waals surface area (Å²) in [6, 6.07) is 9.38. The lowest BCUT2D eigenvalue weighted by Crippen LogP contribution is -2.27. The van der Waals surface area contributed by atoms with Crippen LogP contribution < -0.4 is 14.8 Å². The Morgan fingerprint density at radius 2 is 1.69 bits per heavy atom. The molecule has 0 bridgehead atoms. The average Bonchev–Trinajstić information content (AvgIpc) is 3.34. The zero-order valence-corrected chi connectivity index (χ0v) is 16.5. The van der Waals surface area contributed by atoms with Crippen LogP contribution in [-0.4, -0.2) is 31.2 Å². The van der Waals surface area contributed by atoms with Gasteiger partial charge in [0.1, 0.15) is 13.1 Å². The second-order valence-electron chi connectivity index (χ2n) is 7.82. The van der Waals surface area contributed by atoms with E-state index >= 15 is 0 Å². The van der Waals surface area contributed by atoms with Crippen molar-refractivity contribution in [3.63, 3.8) is 0 Å². The minimum atomic E-state index is 1.17. The number of hydrogen-bond donors (Lipinski definition) is 0. The molecule has 2 fully saturated rings. The predicted octanol–water partition coefficient (Wildman–Crippen LogP) is 4.18. The smallest absolute Gasteiger partial charge is 0.201 e. The fraction of sp³-hybridized carbons (Fsp3) is 0.455. The van der Waals surface area contributed by atoms with Gasteiger partial charge in [0.25, 0.3) is 0 Å². The average molecular weight is 365 g/mol. The van der Waals surface area contributed by atoms with Gasteiger partial charge in [-0.25, -0.2) is 9.56 Å². The maximum absolute atomic E-state index is 5.09. The molecule has 1 aromatic carbocycles. The lowest BCUT2D eigenvalue weighted by Gasteiger charge is -2.19. The van der Waals surface area contributed by atoms with Crippen LogP contribution in [0.15, 0.2) is 24.3 Å². The van der Waals surface area contributed by atoms with Crippen LogP contribution in [0.3, 0.4) is 0 Å². The van der Waals surface area contributed by atoms with Gasteiger partial charge in [0.15, 0.2) is 0 Å². The second kappa shape index (κ2) is 6.34. The first-order valence-corrected chi connectivity index (χ1v) is 10.7. The molecule has 0 unspecified atom stereocenters. The van der Waals surface area contributed by atoms with Crippen LogP contribution in [0.5, 0.6) is 0 Å². The maximum atomic E-state index is 5.09. The fourth-order valence-electron chi connectivity index (χ4n) is 4.45. The third-order valence-corrected chi connectivity index (χ3v) is 6.95.